The Labute approximate surface area is 158 Å². The number of amides is 1. The summed E-state index contributed by atoms with van der Waals surface area (Å²) in [5.41, 5.74) is 3.40. The molecule has 1 aliphatic heterocycles. The molecule has 0 aliphatic carbocycles. The quantitative estimate of drug-likeness (QED) is 0.505. The number of hydrogen-bond donors (Lipinski definition) is 0. The molecule has 1 atom stereocenters. The van der Waals surface area contributed by atoms with Crippen molar-refractivity contribution >= 4 is 40.3 Å². The number of rotatable bonds is 4. The second-order valence-electron chi connectivity index (χ2n) is 6.46. The van der Waals surface area contributed by atoms with Crippen LogP contribution in [-0.2, 0) is 4.79 Å². The average molecular weight is 368 g/mol. The second kappa shape index (κ2) is 7.54. The van der Waals surface area contributed by atoms with Crippen molar-refractivity contribution in [2.75, 3.05) is 0 Å². The predicted molar refractivity (Wildman–Crippen MR) is 110 cm³/mol. The highest BCUT2D eigenvalue weighted by Crippen LogP contribution is 2.38. The number of nitrogens with zero attached hydrogens (tertiary/aromatic N) is 1. The van der Waals surface area contributed by atoms with Gasteiger partial charge in [-0.25, -0.2) is 0 Å². The molecule has 0 radical (unpaired) electrons. The van der Waals surface area contributed by atoms with Crippen molar-refractivity contribution in [3.8, 4) is 0 Å². The van der Waals surface area contributed by atoms with Crippen LogP contribution in [0.2, 0.25) is 0 Å². The molecule has 2 nitrogen and oxygen atoms in total. The van der Waals surface area contributed by atoms with Gasteiger partial charge in [0, 0.05) is 0 Å². The van der Waals surface area contributed by atoms with Gasteiger partial charge < -0.3 is 0 Å². The Hall–Kier alpha value is -1.91. The molecule has 25 heavy (non-hydrogen) atoms. The molecule has 0 spiro atoms. The van der Waals surface area contributed by atoms with Crippen LogP contribution in [0, 0.1) is 0 Å². The van der Waals surface area contributed by atoms with Crippen LogP contribution in [0.4, 0.5) is 0 Å². The highest BCUT2D eigenvalue weighted by atomic mass is 32.2. The lowest BCUT2D eigenvalue weighted by molar-refractivity contribution is -0.123. The van der Waals surface area contributed by atoms with Crippen molar-refractivity contribution in [3.63, 3.8) is 0 Å². The second-order valence-corrected chi connectivity index (χ2v) is 8.14. The summed E-state index contributed by atoms with van der Waals surface area (Å²) < 4.78 is 0.617. The summed E-state index contributed by atoms with van der Waals surface area (Å²) in [6.45, 7) is 6.36. The van der Waals surface area contributed by atoms with Gasteiger partial charge >= 0.3 is 0 Å². The molecule has 0 saturated carbocycles. The van der Waals surface area contributed by atoms with Gasteiger partial charge in [0.15, 0.2) is 0 Å². The third kappa shape index (κ3) is 3.86. The predicted octanol–water partition coefficient (Wildman–Crippen LogP) is 5.77. The van der Waals surface area contributed by atoms with Gasteiger partial charge in [-0.3, -0.25) is 9.69 Å². The van der Waals surface area contributed by atoms with Gasteiger partial charge in [0.2, 0.25) is 0 Å². The molecule has 1 heterocycles. The first-order valence-electron chi connectivity index (χ1n) is 8.39. The van der Waals surface area contributed by atoms with Crippen LogP contribution >= 0.6 is 24.0 Å². The Kier molecular flexibility index (Phi) is 5.40. The molecule has 3 rings (SSSR count). The molecule has 1 fully saturated rings. The summed E-state index contributed by atoms with van der Waals surface area (Å²) in [6, 6.07) is 18.3. The van der Waals surface area contributed by atoms with E-state index in [-0.39, 0.29) is 11.9 Å². The van der Waals surface area contributed by atoms with Gasteiger partial charge in [0.1, 0.15) is 4.32 Å². The fraction of sp³-hybridized carbons (Fsp3) is 0.238. The van der Waals surface area contributed by atoms with Crippen molar-refractivity contribution in [2.45, 2.75) is 32.7 Å². The molecule has 128 valence electrons. The molecule has 1 saturated heterocycles. The minimum Gasteiger partial charge on any atom is -0.286 e. The number of carbonyl (C=O) groups is 1. The zero-order chi connectivity index (χ0) is 18.0. The molecular formula is C21H21NOS2. The van der Waals surface area contributed by atoms with E-state index < -0.39 is 0 Å². The van der Waals surface area contributed by atoms with Crippen molar-refractivity contribution in [3.05, 3.63) is 76.2 Å². The van der Waals surface area contributed by atoms with E-state index in [0.717, 1.165) is 11.1 Å². The van der Waals surface area contributed by atoms with E-state index in [4.69, 9.17) is 12.2 Å². The lowest BCUT2D eigenvalue weighted by atomic mass is 10.0. The summed E-state index contributed by atoms with van der Waals surface area (Å²) in [7, 11) is 0. The minimum absolute atomic E-state index is 0.0145. The Morgan fingerprint density at radius 3 is 2.20 bits per heavy atom. The third-order valence-corrected chi connectivity index (χ3v) is 5.72. The topological polar surface area (TPSA) is 20.3 Å². The maximum Gasteiger partial charge on any atom is 0.266 e. The lowest BCUT2D eigenvalue weighted by Gasteiger charge is -2.23. The lowest BCUT2D eigenvalue weighted by Crippen LogP contribution is -2.30. The smallest absolute Gasteiger partial charge is 0.266 e. The minimum atomic E-state index is -0.0667. The molecule has 2 aromatic carbocycles. The van der Waals surface area contributed by atoms with E-state index in [1.807, 2.05) is 43.3 Å². The summed E-state index contributed by atoms with van der Waals surface area (Å²) in [4.78, 5) is 15.3. The van der Waals surface area contributed by atoms with Crippen LogP contribution in [0.25, 0.3) is 6.08 Å². The summed E-state index contributed by atoms with van der Waals surface area (Å²) in [6.07, 6.45) is 1.93. The van der Waals surface area contributed by atoms with Gasteiger partial charge in [-0.1, -0.05) is 92.4 Å². The normalized spacial score (nSPS) is 17.6. The van der Waals surface area contributed by atoms with E-state index in [9.17, 15) is 4.79 Å². The van der Waals surface area contributed by atoms with E-state index in [1.165, 1.54) is 17.3 Å². The monoisotopic (exact) mass is 367 g/mol. The van der Waals surface area contributed by atoms with Gasteiger partial charge in [0.05, 0.1) is 10.9 Å². The van der Waals surface area contributed by atoms with Crippen LogP contribution in [0.3, 0.4) is 0 Å². The number of thioether (sulfide) groups is 1. The molecule has 1 aliphatic rings. The zero-order valence-corrected chi connectivity index (χ0v) is 16.2. The average Bonchev–Trinajstić information content (AvgIpc) is 2.89. The summed E-state index contributed by atoms with van der Waals surface area (Å²) in [5.74, 6) is 0.485. The van der Waals surface area contributed by atoms with Gasteiger partial charge in [-0.05, 0) is 35.6 Å². The van der Waals surface area contributed by atoms with E-state index >= 15 is 0 Å². The molecule has 0 aromatic heterocycles. The van der Waals surface area contributed by atoms with Crippen molar-refractivity contribution in [2.24, 2.45) is 0 Å². The summed E-state index contributed by atoms with van der Waals surface area (Å²) in [5, 5.41) is 0. The SMILES string of the molecule is CC(C)c1ccc(/C=C2\SC(=S)N([C@H](C)c3ccccc3)C2=O)cc1. The Bertz CT molecular complexity index is 810. The van der Waals surface area contributed by atoms with Crippen LogP contribution in [0.1, 0.15) is 49.4 Å². The first kappa shape index (κ1) is 17.9. The molecule has 0 N–H and O–H groups in total. The Balaban J connectivity index is 1.83. The number of benzene rings is 2. The molecule has 0 unspecified atom stereocenters. The molecule has 1 amide bonds. The number of carbonyl (C=O) groups excluding carboxylic acids is 1. The standard InChI is InChI=1S/C21H21NOS2/c1-14(2)17-11-9-16(10-12-17)13-19-20(23)22(21(24)25-19)15(3)18-7-5-4-6-8-18/h4-15H,1-3H3/b19-13-/t15-/m1/s1. The molecule has 0 bridgehead atoms. The molecular weight excluding hydrogens is 346 g/mol. The maximum atomic E-state index is 12.9. The van der Waals surface area contributed by atoms with Gasteiger partial charge in [-0.2, -0.15) is 0 Å². The number of hydrogen-bond acceptors (Lipinski definition) is 3. The van der Waals surface area contributed by atoms with Crippen molar-refractivity contribution in [1.82, 2.24) is 4.90 Å². The maximum absolute atomic E-state index is 12.9. The number of thiocarbonyl (C=S) groups is 1. The highest BCUT2D eigenvalue weighted by Gasteiger charge is 2.35. The fourth-order valence-corrected chi connectivity index (χ4v) is 4.24. The van der Waals surface area contributed by atoms with Crippen LogP contribution < -0.4 is 0 Å². The van der Waals surface area contributed by atoms with Crippen molar-refractivity contribution < 1.29 is 4.79 Å². The van der Waals surface area contributed by atoms with Gasteiger partial charge in [-0.15, -0.1) is 0 Å². The first-order chi connectivity index (χ1) is 12.0. The highest BCUT2D eigenvalue weighted by molar-refractivity contribution is 8.26. The van der Waals surface area contributed by atoms with Gasteiger partial charge in [0.25, 0.3) is 5.91 Å². The Morgan fingerprint density at radius 2 is 1.60 bits per heavy atom. The molecule has 4 heteroatoms. The molecule has 2 aromatic rings. The van der Waals surface area contributed by atoms with E-state index in [0.29, 0.717) is 15.1 Å². The zero-order valence-electron chi connectivity index (χ0n) is 14.6. The first-order valence-corrected chi connectivity index (χ1v) is 9.62. The van der Waals surface area contributed by atoms with E-state index in [1.54, 1.807) is 4.90 Å². The van der Waals surface area contributed by atoms with Crippen molar-refractivity contribution in [1.29, 1.82) is 0 Å². The largest absolute Gasteiger partial charge is 0.286 e. The fourth-order valence-electron chi connectivity index (χ4n) is 2.82. The van der Waals surface area contributed by atoms with E-state index in [2.05, 4.69) is 38.1 Å². The third-order valence-electron chi connectivity index (χ3n) is 4.39. The van der Waals surface area contributed by atoms with Crippen LogP contribution in [-0.4, -0.2) is 15.1 Å². The summed E-state index contributed by atoms with van der Waals surface area (Å²) >= 11 is 6.85. The van der Waals surface area contributed by atoms with Crippen LogP contribution in [0.15, 0.2) is 59.5 Å². The Morgan fingerprint density at radius 1 is 0.960 bits per heavy atom. The van der Waals surface area contributed by atoms with Crippen LogP contribution in [0.5, 0.6) is 0 Å².